The average Bonchev–Trinajstić information content (AvgIpc) is 3.22. The van der Waals surface area contributed by atoms with Gasteiger partial charge in [0.15, 0.2) is 0 Å². The number of hydrogen-bond donors (Lipinski definition) is 0. The fraction of sp³-hybridized carbons (Fsp3) is 0.435. The second-order valence-electron chi connectivity index (χ2n) is 7.61. The lowest BCUT2D eigenvalue weighted by Crippen LogP contribution is -2.48. The Morgan fingerprint density at radius 3 is 2.38 bits per heavy atom. The molecule has 0 aliphatic carbocycles. The van der Waals surface area contributed by atoms with Crippen molar-refractivity contribution >= 4 is 5.91 Å². The first-order valence-electron chi connectivity index (χ1n) is 10.1. The summed E-state index contributed by atoms with van der Waals surface area (Å²) in [7, 11) is 3.22. The quantitative estimate of drug-likeness (QED) is 0.778. The Hall–Kier alpha value is -2.73. The summed E-state index contributed by atoms with van der Waals surface area (Å²) in [5.41, 5.74) is 4.12. The Labute approximate surface area is 172 Å². The predicted octanol–water partition coefficient (Wildman–Crippen LogP) is 2.91. The number of hydrogen-bond acceptors (Lipinski definition) is 5. The minimum Gasteiger partial charge on any atom is -0.496 e. The number of ether oxygens (including phenoxy) is 3. The minimum absolute atomic E-state index is 0.0240. The summed E-state index contributed by atoms with van der Waals surface area (Å²) in [6.45, 7) is 6.77. The number of carbonyl (C=O) groups is 1. The van der Waals surface area contributed by atoms with Gasteiger partial charge in [0.25, 0.3) is 5.91 Å². The maximum Gasteiger partial charge on any atom is 0.254 e. The van der Waals surface area contributed by atoms with Crippen LogP contribution >= 0.6 is 0 Å². The van der Waals surface area contributed by atoms with Crippen molar-refractivity contribution in [3.63, 3.8) is 0 Å². The van der Waals surface area contributed by atoms with E-state index in [4.69, 9.17) is 14.2 Å². The fourth-order valence-corrected chi connectivity index (χ4v) is 4.10. The molecule has 6 heteroatoms. The molecular weight excluding hydrogens is 368 g/mol. The molecule has 0 atom stereocenters. The third-order valence-electron chi connectivity index (χ3n) is 5.82. The van der Waals surface area contributed by atoms with Gasteiger partial charge in [0.05, 0.1) is 20.8 Å². The van der Waals surface area contributed by atoms with E-state index >= 15 is 0 Å². The molecule has 0 aromatic heterocycles. The van der Waals surface area contributed by atoms with Gasteiger partial charge < -0.3 is 19.1 Å². The Morgan fingerprint density at radius 2 is 1.72 bits per heavy atom. The maximum absolute atomic E-state index is 13.0. The van der Waals surface area contributed by atoms with E-state index in [0.29, 0.717) is 30.2 Å². The lowest BCUT2D eigenvalue weighted by atomic mass is 10.1. The molecule has 1 fully saturated rings. The number of methoxy groups -OCH3 is 2. The third kappa shape index (κ3) is 4.03. The molecule has 2 aliphatic heterocycles. The summed E-state index contributed by atoms with van der Waals surface area (Å²) in [4.78, 5) is 17.3. The van der Waals surface area contributed by atoms with E-state index in [1.807, 2.05) is 11.8 Å². The molecule has 0 bridgehead atoms. The van der Waals surface area contributed by atoms with Crippen LogP contribution < -0.4 is 14.2 Å². The van der Waals surface area contributed by atoms with Gasteiger partial charge in [-0.05, 0) is 36.2 Å². The van der Waals surface area contributed by atoms with Crippen molar-refractivity contribution in [2.45, 2.75) is 19.9 Å². The predicted molar refractivity (Wildman–Crippen MR) is 111 cm³/mol. The van der Waals surface area contributed by atoms with Crippen molar-refractivity contribution in [1.29, 1.82) is 0 Å². The smallest absolute Gasteiger partial charge is 0.254 e. The van der Waals surface area contributed by atoms with Crippen LogP contribution in [0.4, 0.5) is 0 Å². The van der Waals surface area contributed by atoms with Crippen molar-refractivity contribution in [2.24, 2.45) is 0 Å². The SMILES string of the molecule is COc1cc(C(=O)N2CCN(Cc3ccc4c(c3)CCO4)CC2)cc(OC)c1C. The Balaban J connectivity index is 1.39. The van der Waals surface area contributed by atoms with E-state index in [1.54, 1.807) is 26.4 Å². The number of fused-ring (bicyclic) bond motifs is 1. The molecule has 0 spiro atoms. The first-order chi connectivity index (χ1) is 14.1. The van der Waals surface area contributed by atoms with Gasteiger partial charge in [-0.3, -0.25) is 9.69 Å². The van der Waals surface area contributed by atoms with Gasteiger partial charge in [-0.15, -0.1) is 0 Å². The molecule has 0 N–H and O–H groups in total. The summed E-state index contributed by atoms with van der Waals surface area (Å²) in [5.74, 6) is 2.39. The molecule has 2 aromatic rings. The van der Waals surface area contributed by atoms with Crippen molar-refractivity contribution in [1.82, 2.24) is 9.80 Å². The molecule has 0 unspecified atom stereocenters. The van der Waals surface area contributed by atoms with Gasteiger partial charge in [0.2, 0.25) is 0 Å². The number of benzene rings is 2. The van der Waals surface area contributed by atoms with E-state index in [1.165, 1.54) is 11.1 Å². The highest BCUT2D eigenvalue weighted by molar-refractivity contribution is 5.95. The molecular formula is C23H28N2O4. The first kappa shape index (κ1) is 19.6. The molecule has 2 aliphatic rings. The van der Waals surface area contributed by atoms with Crippen molar-refractivity contribution in [2.75, 3.05) is 47.0 Å². The number of rotatable bonds is 5. The molecule has 2 heterocycles. The second kappa shape index (κ2) is 8.33. The fourth-order valence-electron chi connectivity index (χ4n) is 4.10. The molecule has 4 rings (SSSR count). The molecule has 1 amide bonds. The number of nitrogens with zero attached hydrogens (tertiary/aromatic N) is 2. The van der Waals surface area contributed by atoms with E-state index in [9.17, 15) is 4.79 Å². The van der Waals surface area contributed by atoms with E-state index in [-0.39, 0.29) is 5.91 Å². The van der Waals surface area contributed by atoms with Crippen LogP contribution in [0.25, 0.3) is 0 Å². The summed E-state index contributed by atoms with van der Waals surface area (Å²) in [5, 5.41) is 0. The molecule has 154 valence electrons. The van der Waals surface area contributed by atoms with Crippen LogP contribution in [-0.2, 0) is 13.0 Å². The zero-order chi connectivity index (χ0) is 20.4. The van der Waals surface area contributed by atoms with Gasteiger partial charge in [-0.25, -0.2) is 0 Å². The molecule has 2 aromatic carbocycles. The molecule has 0 saturated carbocycles. The molecule has 6 nitrogen and oxygen atoms in total. The molecule has 0 radical (unpaired) electrons. The van der Waals surface area contributed by atoms with Crippen LogP contribution in [0.2, 0.25) is 0 Å². The van der Waals surface area contributed by atoms with Gasteiger partial charge in [-0.2, -0.15) is 0 Å². The first-order valence-corrected chi connectivity index (χ1v) is 10.1. The van der Waals surface area contributed by atoms with Crippen LogP contribution in [-0.4, -0.2) is 62.7 Å². The highest BCUT2D eigenvalue weighted by Gasteiger charge is 2.24. The van der Waals surface area contributed by atoms with E-state index in [0.717, 1.165) is 44.0 Å². The number of amides is 1. The number of piperazine rings is 1. The topological polar surface area (TPSA) is 51.2 Å². The normalized spacial score (nSPS) is 16.3. The van der Waals surface area contributed by atoms with Gasteiger partial charge in [-0.1, -0.05) is 12.1 Å². The Kier molecular flexibility index (Phi) is 5.62. The van der Waals surface area contributed by atoms with Crippen LogP contribution in [0.15, 0.2) is 30.3 Å². The Bertz CT molecular complexity index is 879. The lowest BCUT2D eigenvalue weighted by Gasteiger charge is -2.35. The zero-order valence-electron chi connectivity index (χ0n) is 17.4. The van der Waals surface area contributed by atoms with Crippen molar-refractivity contribution in [3.8, 4) is 17.2 Å². The van der Waals surface area contributed by atoms with Gasteiger partial charge in [0, 0.05) is 50.3 Å². The average molecular weight is 396 g/mol. The summed E-state index contributed by atoms with van der Waals surface area (Å²) in [6.07, 6.45) is 0.995. The van der Waals surface area contributed by atoms with Crippen LogP contribution in [0.3, 0.4) is 0 Å². The van der Waals surface area contributed by atoms with Crippen LogP contribution in [0, 0.1) is 6.92 Å². The van der Waals surface area contributed by atoms with Crippen LogP contribution in [0.5, 0.6) is 17.2 Å². The lowest BCUT2D eigenvalue weighted by molar-refractivity contribution is 0.0627. The van der Waals surface area contributed by atoms with Gasteiger partial charge >= 0.3 is 0 Å². The monoisotopic (exact) mass is 396 g/mol. The largest absolute Gasteiger partial charge is 0.496 e. The highest BCUT2D eigenvalue weighted by Crippen LogP contribution is 2.30. The Morgan fingerprint density at radius 1 is 1.03 bits per heavy atom. The zero-order valence-corrected chi connectivity index (χ0v) is 17.4. The van der Waals surface area contributed by atoms with Crippen LogP contribution in [0.1, 0.15) is 27.0 Å². The second-order valence-corrected chi connectivity index (χ2v) is 7.61. The molecule has 29 heavy (non-hydrogen) atoms. The standard InChI is InChI=1S/C23H28N2O4/c1-16-21(27-2)13-19(14-22(16)28-3)23(26)25-9-7-24(8-10-25)15-17-4-5-20-18(12-17)6-11-29-20/h4-5,12-14H,6-11,15H2,1-3H3. The van der Waals surface area contributed by atoms with Crippen molar-refractivity contribution < 1.29 is 19.0 Å². The third-order valence-corrected chi connectivity index (χ3v) is 5.82. The van der Waals surface area contributed by atoms with Crippen molar-refractivity contribution in [3.05, 3.63) is 52.6 Å². The summed E-state index contributed by atoms with van der Waals surface area (Å²) < 4.78 is 16.4. The molecule has 1 saturated heterocycles. The maximum atomic E-state index is 13.0. The number of carbonyl (C=O) groups excluding carboxylic acids is 1. The minimum atomic E-state index is 0.0240. The summed E-state index contributed by atoms with van der Waals surface area (Å²) in [6, 6.07) is 10.1. The highest BCUT2D eigenvalue weighted by atomic mass is 16.5. The van der Waals surface area contributed by atoms with E-state index in [2.05, 4.69) is 23.1 Å². The van der Waals surface area contributed by atoms with Gasteiger partial charge in [0.1, 0.15) is 17.2 Å². The summed E-state index contributed by atoms with van der Waals surface area (Å²) >= 11 is 0. The van der Waals surface area contributed by atoms with E-state index < -0.39 is 0 Å².